The van der Waals surface area contributed by atoms with Gasteiger partial charge in [0.05, 0.1) is 35.4 Å². The van der Waals surface area contributed by atoms with Crippen molar-refractivity contribution in [2.45, 2.75) is 37.1 Å². The second kappa shape index (κ2) is 8.77. The van der Waals surface area contributed by atoms with Gasteiger partial charge in [-0.3, -0.25) is 9.67 Å². The summed E-state index contributed by atoms with van der Waals surface area (Å²) in [6, 6.07) is 5.40. The van der Waals surface area contributed by atoms with Gasteiger partial charge in [-0.2, -0.15) is 5.10 Å². The van der Waals surface area contributed by atoms with E-state index in [4.69, 9.17) is 10.5 Å². The van der Waals surface area contributed by atoms with E-state index in [9.17, 15) is 12.8 Å². The summed E-state index contributed by atoms with van der Waals surface area (Å²) >= 11 is 3.33. The highest BCUT2D eigenvalue weighted by molar-refractivity contribution is 9.10. The monoisotopic (exact) mass is 574 g/mol. The fourth-order valence-electron chi connectivity index (χ4n) is 4.29. The summed E-state index contributed by atoms with van der Waals surface area (Å²) in [5.41, 5.74) is 7.50. The molecule has 9 nitrogen and oxygen atoms in total. The number of benzene rings is 1. The average Bonchev–Trinajstić information content (AvgIpc) is 3.23. The molecule has 2 aliphatic rings. The first-order valence-corrected chi connectivity index (χ1v) is 13.7. The summed E-state index contributed by atoms with van der Waals surface area (Å²) in [6.45, 7) is 3.99. The SMILES string of the molecule is CC1(C)C(N)=N[C@@]2(Cc3ccc(/C=C(\F)c4cnc(OCCn5cc(Br)cn5)cn4)cc32)CS1(=O)=O. The van der Waals surface area contributed by atoms with Crippen molar-refractivity contribution in [1.82, 2.24) is 19.7 Å². The summed E-state index contributed by atoms with van der Waals surface area (Å²) in [5.74, 6) is -0.329. The standard InChI is InChI=1S/C24H24BrFN6O3S/c1-23(2)22(27)31-24(14-36(23,33)34)9-16-4-3-15(7-18(16)24)8-19(26)20-11-29-21(12-28-20)35-6-5-32-13-17(25)10-30-32/h3-4,7-8,10-13H,5-6,9,14H2,1-2H3,(H2,27,31)/b19-8-/t24-/m0/s1. The van der Waals surface area contributed by atoms with Gasteiger partial charge in [0, 0.05) is 12.6 Å². The van der Waals surface area contributed by atoms with Gasteiger partial charge in [-0.05, 0) is 58.6 Å². The Hall–Kier alpha value is -3.12. The first kappa shape index (κ1) is 24.6. The van der Waals surface area contributed by atoms with Crippen molar-refractivity contribution in [2.24, 2.45) is 10.7 Å². The van der Waals surface area contributed by atoms with Crippen LogP contribution in [0.25, 0.3) is 11.9 Å². The molecule has 1 atom stereocenters. The van der Waals surface area contributed by atoms with Gasteiger partial charge in [0.2, 0.25) is 5.88 Å². The Labute approximate surface area is 216 Å². The van der Waals surface area contributed by atoms with Crippen LogP contribution < -0.4 is 10.5 Å². The van der Waals surface area contributed by atoms with Crippen LogP contribution in [0.15, 0.2) is 52.5 Å². The van der Waals surface area contributed by atoms with Crippen LogP contribution >= 0.6 is 15.9 Å². The van der Waals surface area contributed by atoms with Crippen molar-refractivity contribution < 1.29 is 17.5 Å². The second-order valence-corrected chi connectivity index (χ2v) is 12.8. The highest BCUT2D eigenvalue weighted by Crippen LogP contribution is 2.48. The average molecular weight is 575 g/mol. The number of rotatable bonds is 6. The Balaban J connectivity index is 1.30. The fraction of sp³-hybridized carbons (Fsp3) is 0.333. The molecule has 0 amide bonds. The van der Waals surface area contributed by atoms with E-state index in [1.807, 2.05) is 12.3 Å². The largest absolute Gasteiger partial charge is 0.475 e. The molecule has 1 aliphatic heterocycles. The van der Waals surface area contributed by atoms with Crippen LogP contribution in [0, 0.1) is 0 Å². The number of halogens is 2. The van der Waals surface area contributed by atoms with Gasteiger partial charge in [-0.25, -0.2) is 22.8 Å². The van der Waals surface area contributed by atoms with Gasteiger partial charge >= 0.3 is 0 Å². The number of hydrogen-bond acceptors (Lipinski definition) is 8. The number of nitrogens with two attached hydrogens (primary N) is 1. The maximum Gasteiger partial charge on any atom is 0.232 e. The predicted octanol–water partition coefficient (Wildman–Crippen LogP) is 3.30. The van der Waals surface area contributed by atoms with Crippen molar-refractivity contribution in [2.75, 3.05) is 12.4 Å². The zero-order chi connectivity index (χ0) is 25.7. The minimum absolute atomic E-state index is 0.0556. The normalized spacial score (nSPS) is 22.0. The molecule has 2 aromatic heterocycles. The van der Waals surface area contributed by atoms with E-state index in [1.165, 1.54) is 18.5 Å². The van der Waals surface area contributed by atoms with Crippen LogP contribution in [0.3, 0.4) is 0 Å². The first-order chi connectivity index (χ1) is 17.0. The number of nitrogens with zero attached hydrogens (tertiary/aromatic N) is 5. The molecule has 1 spiro atoms. The number of aromatic nitrogens is 4. The molecule has 0 saturated carbocycles. The summed E-state index contributed by atoms with van der Waals surface area (Å²) in [5, 5.41) is 4.14. The van der Waals surface area contributed by atoms with E-state index in [1.54, 1.807) is 36.9 Å². The maximum absolute atomic E-state index is 15.0. The number of fused-ring (bicyclic) bond motifs is 2. The molecule has 5 rings (SSSR count). The van der Waals surface area contributed by atoms with Gasteiger partial charge < -0.3 is 10.5 Å². The zero-order valence-corrected chi connectivity index (χ0v) is 22.1. The lowest BCUT2D eigenvalue weighted by molar-refractivity contribution is 0.279. The summed E-state index contributed by atoms with van der Waals surface area (Å²) in [6.07, 6.45) is 7.99. The van der Waals surface area contributed by atoms with Crippen LogP contribution in [0.5, 0.6) is 5.88 Å². The van der Waals surface area contributed by atoms with Crippen LogP contribution in [0.1, 0.15) is 36.2 Å². The van der Waals surface area contributed by atoms with Crippen molar-refractivity contribution in [1.29, 1.82) is 0 Å². The van der Waals surface area contributed by atoms with E-state index in [0.717, 1.165) is 15.6 Å². The van der Waals surface area contributed by atoms with Gasteiger partial charge in [0.25, 0.3) is 0 Å². The number of sulfone groups is 1. The quantitative estimate of drug-likeness (QED) is 0.478. The first-order valence-electron chi connectivity index (χ1n) is 11.2. The number of aliphatic imine (C=N–C) groups is 1. The number of ether oxygens (including phenoxy) is 1. The van der Waals surface area contributed by atoms with E-state index >= 15 is 0 Å². The molecule has 3 aromatic rings. The Bertz CT molecular complexity index is 1500. The predicted molar refractivity (Wildman–Crippen MR) is 138 cm³/mol. The number of amidine groups is 1. The zero-order valence-electron chi connectivity index (χ0n) is 19.6. The van der Waals surface area contributed by atoms with Gasteiger partial charge in [-0.15, -0.1) is 0 Å². The summed E-state index contributed by atoms with van der Waals surface area (Å²) < 4.78 is 47.7. The summed E-state index contributed by atoms with van der Waals surface area (Å²) in [7, 11) is -3.51. The molecule has 0 radical (unpaired) electrons. The van der Waals surface area contributed by atoms with E-state index in [2.05, 4.69) is 36.0 Å². The highest BCUT2D eigenvalue weighted by atomic mass is 79.9. The van der Waals surface area contributed by atoms with Gasteiger partial charge in [-0.1, -0.05) is 12.1 Å². The Morgan fingerprint density at radius 3 is 2.75 bits per heavy atom. The third-order valence-electron chi connectivity index (χ3n) is 6.61. The third kappa shape index (κ3) is 4.32. The molecule has 12 heteroatoms. The van der Waals surface area contributed by atoms with Crippen LogP contribution in [0.2, 0.25) is 0 Å². The van der Waals surface area contributed by atoms with Gasteiger partial charge in [0.15, 0.2) is 15.7 Å². The molecule has 1 aliphatic carbocycles. The number of hydrogen-bond donors (Lipinski definition) is 1. The highest BCUT2D eigenvalue weighted by Gasteiger charge is 2.54. The molecule has 3 heterocycles. The Kier molecular flexibility index (Phi) is 5.98. The second-order valence-electron chi connectivity index (χ2n) is 9.39. The molecule has 36 heavy (non-hydrogen) atoms. The van der Waals surface area contributed by atoms with Crippen LogP contribution in [-0.2, 0) is 28.3 Å². The van der Waals surface area contributed by atoms with E-state index in [0.29, 0.717) is 25.1 Å². The van der Waals surface area contributed by atoms with Crippen molar-refractivity contribution in [3.05, 3.63) is 69.8 Å². The van der Waals surface area contributed by atoms with E-state index in [-0.39, 0.29) is 23.2 Å². The van der Waals surface area contributed by atoms with Crippen molar-refractivity contribution >= 4 is 43.5 Å². The van der Waals surface area contributed by atoms with E-state index < -0.39 is 26.0 Å². The molecule has 2 N–H and O–H groups in total. The minimum atomic E-state index is -3.51. The smallest absolute Gasteiger partial charge is 0.232 e. The fourth-order valence-corrected chi connectivity index (χ4v) is 6.30. The lowest BCUT2D eigenvalue weighted by Gasteiger charge is -2.46. The molecule has 0 bridgehead atoms. The van der Waals surface area contributed by atoms with Crippen molar-refractivity contribution in [3.8, 4) is 5.88 Å². The van der Waals surface area contributed by atoms with Gasteiger partial charge in [0.1, 0.15) is 28.4 Å². The Morgan fingerprint density at radius 2 is 2.08 bits per heavy atom. The van der Waals surface area contributed by atoms with Crippen molar-refractivity contribution in [3.63, 3.8) is 0 Å². The Morgan fingerprint density at radius 1 is 1.28 bits per heavy atom. The molecule has 1 aromatic carbocycles. The van der Waals surface area contributed by atoms with Crippen LogP contribution in [0.4, 0.5) is 4.39 Å². The summed E-state index contributed by atoms with van der Waals surface area (Å²) in [4.78, 5) is 12.8. The molecule has 0 unspecified atom stereocenters. The minimum Gasteiger partial charge on any atom is -0.475 e. The topological polar surface area (TPSA) is 125 Å². The molecular weight excluding hydrogens is 551 g/mol. The molecule has 0 fully saturated rings. The molecular formula is C24H24BrFN6O3S. The molecule has 0 saturated heterocycles. The molecule has 188 valence electrons. The lowest BCUT2D eigenvalue weighted by Crippen LogP contribution is -2.58. The lowest BCUT2D eigenvalue weighted by atomic mass is 9.71. The van der Waals surface area contributed by atoms with Crippen LogP contribution in [-0.4, -0.2) is 51.1 Å². The maximum atomic E-state index is 15.0. The third-order valence-corrected chi connectivity index (χ3v) is 9.65.